The molecule has 152 valence electrons. The Balaban J connectivity index is 1.51. The van der Waals surface area contributed by atoms with Crippen molar-refractivity contribution >= 4 is 39.8 Å². The number of rotatable bonds is 7. The molecule has 1 amide bonds. The monoisotopic (exact) mass is 401 g/mol. The van der Waals surface area contributed by atoms with Gasteiger partial charge in [-0.2, -0.15) is 0 Å². The number of para-hydroxylation sites is 2. The van der Waals surface area contributed by atoms with Gasteiger partial charge >= 0.3 is 5.97 Å². The molecule has 30 heavy (non-hydrogen) atoms. The molecule has 0 aliphatic carbocycles. The van der Waals surface area contributed by atoms with Crippen LogP contribution in [0.4, 0.5) is 0 Å². The number of nitrogens with one attached hydrogen (secondary N) is 3. The van der Waals surface area contributed by atoms with Gasteiger partial charge in [-0.15, -0.1) is 0 Å². The van der Waals surface area contributed by atoms with Gasteiger partial charge < -0.3 is 20.0 Å². The number of carbonyl (C=O) groups excluding carboxylic acids is 2. The Hall–Kier alpha value is -3.80. The Bertz CT molecular complexity index is 1220. The first-order valence-corrected chi connectivity index (χ1v) is 9.92. The molecule has 0 bridgehead atoms. The lowest BCUT2D eigenvalue weighted by atomic mass is 10.0. The molecule has 2 aromatic carbocycles. The third kappa shape index (κ3) is 4.12. The van der Waals surface area contributed by atoms with E-state index in [-0.39, 0.29) is 12.5 Å². The Morgan fingerprint density at radius 1 is 1.00 bits per heavy atom. The molecule has 2 aromatic heterocycles. The van der Waals surface area contributed by atoms with Crippen LogP contribution in [-0.4, -0.2) is 34.5 Å². The van der Waals surface area contributed by atoms with Crippen LogP contribution in [0.25, 0.3) is 27.9 Å². The number of aromatic amines is 2. The Labute approximate surface area is 173 Å². The van der Waals surface area contributed by atoms with Crippen molar-refractivity contribution in [3.8, 4) is 0 Å². The summed E-state index contributed by atoms with van der Waals surface area (Å²) >= 11 is 0. The van der Waals surface area contributed by atoms with E-state index in [2.05, 4.69) is 15.3 Å². The lowest BCUT2D eigenvalue weighted by Crippen LogP contribution is -2.42. The maximum absolute atomic E-state index is 12.6. The minimum Gasteiger partial charge on any atom is -0.464 e. The molecule has 2 heterocycles. The van der Waals surface area contributed by atoms with Crippen LogP contribution < -0.4 is 5.32 Å². The predicted octanol–water partition coefficient (Wildman–Crippen LogP) is 3.95. The average Bonchev–Trinajstić information content (AvgIpc) is 3.36. The zero-order chi connectivity index (χ0) is 20.9. The van der Waals surface area contributed by atoms with Crippen LogP contribution >= 0.6 is 0 Å². The number of esters is 1. The maximum atomic E-state index is 12.6. The zero-order valence-electron chi connectivity index (χ0n) is 16.6. The normalized spacial score (nSPS) is 12.4. The zero-order valence-corrected chi connectivity index (χ0v) is 16.6. The highest BCUT2D eigenvalue weighted by Gasteiger charge is 2.23. The van der Waals surface area contributed by atoms with Crippen LogP contribution in [0, 0.1) is 0 Å². The van der Waals surface area contributed by atoms with E-state index in [4.69, 9.17) is 4.74 Å². The molecule has 4 aromatic rings. The first-order chi connectivity index (χ1) is 14.7. The quantitative estimate of drug-likeness (QED) is 0.324. The van der Waals surface area contributed by atoms with Crippen molar-refractivity contribution in [2.24, 2.45) is 0 Å². The molecule has 0 saturated carbocycles. The summed E-state index contributed by atoms with van der Waals surface area (Å²) in [7, 11) is 0. The number of carbonyl (C=O) groups is 2. The summed E-state index contributed by atoms with van der Waals surface area (Å²) < 4.78 is 5.18. The van der Waals surface area contributed by atoms with E-state index < -0.39 is 12.0 Å². The number of hydrogen-bond acceptors (Lipinski definition) is 3. The lowest BCUT2D eigenvalue weighted by Gasteiger charge is -2.16. The van der Waals surface area contributed by atoms with Crippen LogP contribution in [0.1, 0.15) is 18.1 Å². The molecule has 0 fully saturated rings. The predicted molar refractivity (Wildman–Crippen MR) is 118 cm³/mol. The molecule has 1 unspecified atom stereocenters. The lowest BCUT2D eigenvalue weighted by molar-refractivity contribution is -0.146. The van der Waals surface area contributed by atoms with Gasteiger partial charge in [0, 0.05) is 46.7 Å². The second-order valence-corrected chi connectivity index (χ2v) is 7.00. The van der Waals surface area contributed by atoms with E-state index in [1.54, 1.807) is 13.0 Å². The average molecular weight is 401 g/mol. The van der Waals surface area contributed by atoms with E-state index in [1.165, 1.54) is 6.08 Å². The molecule has 0 aliphatic heterocycles. The van der Waals surface area contributed by atoms with Gasteiger partial charge in [0.1, 0.15) is 6.04 Å². The van der Waals surface area contributed by atoms with Gasteiger partial charge in [-0.1, -0.05) is 36.4 Å². The maximum Gasteiger partial charge on any atom is 0.328 e. The van der Waals surface area contributed by atoms with Crippen molar-refractivity contribution in [2.45, 2.75) is 19.4 Å². The molecule has 0 saturated heterocycles. The van der Waals surface area contributed by atoms with Crippen LogP contribution in [0.2, 0.25) is 0 Å². The van der Waals surface area contributed by atoms with Crippen LogP contribution in [0.3, 0.4) is 0 Å². The van der Waals surface area contributed by atoms with E-state index in [1.807, 2.05) is 60.9 Å². The third-order valence-corrected chi connectivity index (χ3v) is 5.02. The number of amides is 1. The highest BCUT2D eigenvalue weighted by atomic mass is 16.5. The summed E-state index contributed by atoms with van der Waals surface area (Å²) in [5, 5.41) is 4.84. The number of ether oxygens (including phenoxy) is 1. The number of benzene rings is 2. The molecule has 0 aliphatic rings. The molecule has 0 spiro atoms. The minimum atomic E-state index is -0.774. The molecule has 6 heteroatoms. The van der Waals surface area contributed by atoms with Crippen LogP contribution in [0.15, 0.2) is 67.0 Å². The SMILES string of the molecule is CCOC(=O)C(Cc1c[nH]c2ccccc12)NC(=O)C=Cc1c[nH]c2ccccc12. The van der Waals surface area contributed by atoms with Gasteiger partial charge in [-0.05, 0) is 36.3 Å². The number of aromatic nitrogens is 2. The summed E-state index contributed by atoms with van der Waals surface area (Å²) in [5.74, 6) is -0.796. The first-order valence-electron chi connectivity index (χ1n) is 9.92. The minimum absolute atomic E-state index is 0.254. The van der Waals surface area contributed by atoms with E-state index in [0.29, 0.717) is 6.42 Å². The summed E-state index contributed by atoms with van der Waals surface area (Å²) in [6.07, 6.45) is 7.24. The van der Waals surface area contributed by atoms with Gasteiger partial charge in [-0.3, -0.25) is 4.79 Å². The molecule has 1 atom stereocenters. The van der Waals surface area contributed by atoms with Gasteiger partial charge in [-0.25, -0.2) is 4.79 Å². The smallest absolute Gasteiger partial charge is 0.328 e. The molecule has 3 N–H and O–H groups in total. The van der Waals surface area contributed by atoms with Gasteiger partial charge in [0.15, 0.2) is 0 Å². The standard InChI is InChI=1S/C24H23N3O3/c1-2-30-24(29)22(13-17-15-26-21-10-6-4-8-19(17)21)27-23(28)12-11-16-14-25-20-9-5-3-7-18(16)20/h3-12,14-15,22,25-26H,2,13H2,1H3,(H,27,28). The topological polar surface area (TPSA) is 87.0 Å². The van der Waals surface area contributed by atoms with E-state index >= 15 is 0 Å². The summed E-state index contributed by atoms with van der Waals surface area (Å²) in [6.45, 7) is 2.00. The fourth-order valence-corrected chi connectivity index (χ4v) is 3.57. The Morgan fingerprint density at radius 3 is 2.43 bits per heavy atom. The van der Waals surface area contributed by atoms with Crippen molar-refractivity contribution < 1.29 is 14.3 Å². The van der Waals surface area contributed by atoms with Crippen molar-refractivity contribution in [2.75, 3.05) is 6.61 Å². The highest BCUT2D eigenvalue weighted by Crippen LogP contribution is 2.20. The van der Waals surface area contributed by atoms with Gasteiger partial charge in [0.2, 0.25) is 5.91 Å². The second kappa shape index (κ2) is 8.69. The van der Waals surface area contributed by atoms with Crippen molar-refractivity contribution in [3.63, 3.8) is 0 Å². The molecule has 4 rings (SSSR count). The third-order valence-electron chi connectivity index (χ3n) is 5.02. The highest BCUT2D eigenvalue weighted by molar-refractivity contribution is 5.98. The van der Waals surface area contributed by atoms with Crippen molar-refractivity contribution in [1.29, 1.82) is 0 Å². The Kier molecular flexibility index (Phi) is 5.66. The fourth-order valence-electron chi connectivity index (χ4n) is 3.57. The van der Waals surface area contributed by atoms with Crippen molar-refractivity contribution in [3.05, 3.63) is 78.1 Å². The summed E-state index contributed by atoms with van der Waals surface area (Å²) in [5.41, 5.74) is 3.84. The molecular formula is C24H23N3O3. The van der Waals surface area contributed by atoms with Crippen LogP contribution in [0.5, 0.6) is 0 Å². The van der Waals surface area contributed by atoms with E-state index in [9.17, 15) is 9.59 Å². The van der Waals surface area contributed by atoms with E-state index in [0.717, 1.165) is 32.9 Å². The summed E-state index contributed by atoms with van der Waals surface area (Å²) in [6, 6.07) is 14.9. The second-order valence-electron chi connectivity index (χ2n) is 7.00. The van der Waals surface area contributed by atoms with Crippen molar-refractivity contribution in [1.82, 2.24) is 15.3 Å². The number of H-pyrrole nitrogens is 2. The van der Waals surface area contributed by atoms with Crippen LogP contribution in [-0.2, 0) is 20.7 Å². The van der Waals surface area contributed by atoms with Gasteiger partial charge in [0.05, 0.1) is 6.61 Å². The summed E-state index contributed by atoms with van der Waals surface area (Å²) in [4.78, 5) is 31.4. The largest absolute Gasteiger partial charge is 0.464 e. The first kappa shape index (κ1) is 19.5. The Morgan fingerprint density at radius 2 is 1.67 bits per heavy atom. The molecular weight excluding hydrogens is 378 g/mol. The van der Waals surface area contributed by atoms with Gasteiger partial charge in [0.25, 0.3) is 0 Å². The molecule has 6 nitrogen and oxygen atoms in total. The fraction of sp³-hybridized carbons (Fsp3) is 0.167. The molecule has 0 radical (unpaired) electrons. The number of hydrogen-bond donors (Lipinski definition) is 3. The number of fused-ring (bicyclic) bond motifs is 2.